The molecule has 0 fully saturated rings. The number of methoxy groups -OCH3 is 2. The lowest BCUT2D eigenvalue weighted by Crippen LogP contribution is -2.09. The Morgan fingerprint density at radius 1 is 0.213 bits per heavy atom. The van der Waals surface area contributed by atoms with Crippen LogP contribution in [-0.4, -0.2) is 67.1 Å². The lowest BCUT2D eigenvalue weighted by Gasteiger charge is -2.29. The van der Waals surface area contributed by atoms with Crippen molar-refractivity contribution in [3.8, 4) is 101 Å². The van der Waals surface area contributed by atoms with Crippen molar-refractivity contribution in [1.29, 1.82) is 0 Å². The Hall–Kier alpha value is -7.58. The van der Waals surface area contributed by atoms with Gasteiger partial charge in [0, 0.05) is 14.2 Å². The van der Waals surface area contributed by atoms with E-state index >= 15 is 0 Å². The van der Waals surface area contributed by atoms with E-state index in [9.17, 15) is 0 Å². The molecule has 0 aliphatic rings. The fourth-order valence-electron chi connectivity index (χ4n) is 13.1. The molecule has 0 spiro atoms. The summed E-state index contributed by atoms with van der Waals surface area (Å²) in [6.45, 7) is 8.80. The van der Waals surface area contributed by atoms with Gasteiger partial charge in [-0.05, 0) is 150 Å². The average Bonchev–Trinajstić information content (AvgIpc) is 0.718. The second kappa shape index (κ2) is 40.6. The number of hydrogen-bond acceptors (Lipinski definition) is 6. The van der Waals surface area contributed by atoms with E-state index in [4.69, 9.17) is 28.4 Å². The maximum Gasteiger partial charge on any atom is 0.119 e. The summed E-state index contributed by atoms with van der Waals surface area (Å²) in [5.41, 5.74) is 21.6. The highest BCUT2D eigenvalue weighted by Crippen LogP contribution is 2.56. The van der Waals surface area contributed by atoms with Gasteiger partial charge in [-0.25, -0.2) is 0 Å². The molecule has 0 aliphatic heterocycles. The Morgan fingerprint density at radius 2 is 0.447 bits per heavy atom. The minimum absolute atomic E-state index is 0.474. The third kappa shape index (κ3) is 21.7. The molecule has 9 aromatic rings. The zero-order chi connectivity index (χ0) is 65.0. The van der Waals surface area contributed by atoms with E-state index in [0.717, 1.165) is 57.7 Å². The second-order valence-corrected chi connectivity index (χ2v) is 25.4. The van der Waals surface area contributed by atoms with E-state index in [-0.39, 0.29) is 0 Å². The summed E-state index contributed by atoms with van der Waals surface area (Å²) in [4.78, 5) is 0. The molecule has 0 heterocycles. The van der Waals surface area contributed by atoms with Crippen LogP contribution >= 0.6 is 0 Å². The lowest BCUT2D eigenvalue weighted by atomic mass is 9.74. The van der Waals surface area contributed by atoms with Crippen molar-refractivity contribution in [2.24, 2.45) is 0 Å². The van der Waals surface area contributed by atoms with Crippen LogP contribution in [0.5, 0.6) is 11.5 Å². The highest BCUT2D eigenvalue weighted by Gasteiger charge is 2.29. The van der Waals surface area contributed by atoms with Crippen LogP contribution in [0.15, 0.2) is 206 Å². The molecule has 94 heavy (non-hydrogen) atoms. The highest BCUT2D eigenvalue weighted by molar-refractivity contribution is 6.15. The van der Waals surface area contributed by atoms with Crippen molar-refractivity contribution < 1.29 is 28.4 Å². The molecule has 0 bridgehead atoms. The number of unbranched alkanes of at least 4 members (excludes halogenated alkanes) is 18. The predicted octanol–water partition coefficient (Wildman–Crippen LogP) is 24.0. The molecule has 494 valence electrons. The van der Waals surface area contributed by atoms with Gasteiger partial charge in [0.05, 0.1) is 39.6 Å². The summed E-state index contributed by atoms with van der Waals surface area (Å²) in [7, 11) is 3.37. The smallest absolute Gasteiger partial charge is 0.119 e. The van der Waals surface area contributed by atoms with Gasteiger partial charge in [-0.1, -0.05) is 311 Å². The van der Waals surface area contributed by atoms with Gasteiger partial charge < -0.3 is 28.4 Å². The highest BCUT2D eigenvalue weighted by atomic mass is 16.5. The molecule has 0 N–H and O–H groups in total. The van der Waals surface area contributed by atoms with Crippen LogP contribution in [0.25, 0.3) is 89.0 Å². The molecule has 0 amide bonds. The molecule has 0 saturated carbocycles. The number of benzene rings is 9. The van der Waals surface area contributed by atoms with Gasteiger partial charge in [0.1, 0.15) is 24.7 Å². The molecule has 0 radical (unpaired) electrons. The van der Waals surface area contributed by atoms with Crippen molar-refractivity contribution in [2.45, 2.75) is 155 Å². The minimum atomic E-state index is 0.474. The van der Waals surface area contributed by atoms with Crippen LogP contribution in [-0.2, 0) is 31.8 Å². The molecular weight excluding hydrogens is 1150 g/mol. The van der Waals surface area contributed by atoms with Gasteiger partial charge in [0.15, 0.2) is 0 Å². The summed E-state index contributed by atoms with van der Waals surface area (Å²) >= 11 is 0. The van der Waals surface area contributed by atoms with Crippen LogP contribution < -0.4 is 9.47 Å². The van der Waals surface area contributed by atoms with Crippen LogP contribution in [0.2, 0.25) is 0 Å². The molecule has 0 saturated heterocycles. The molecule has 0 aliphatic carbocycles. The molecular formula is C88H106O6. The Kier molecular flexibility index (Phi) is 30.6. The monoisotopic (exact) mass is 1260 g/mol. The van der Waals surface area contributed by atoms with Gasteiger partial charge in [-0.3, -0.25) is 0 Å². The van der Waals surface area contributed by atoms with E-state index in [2.05, 4.69) is 220 Å². The number of aryl methyl sites for hydroxylation is 2. The van der Waals surface area contributed by atoms with Crippen LogP contribution in [0.1, 0.15) is 153 Å². The van der Waals surface area contributed by atoms with E-state index in [1.807, 2.05) is 0 Å². The van der Waals surface area contributed by atoms with Crippen molar-refractivity contribution in [3.05, 3.63) is 217 Å². The first kappa shape index (κ1) is 70.7. The Labute approximate surface area is 565 Å². The average molecular weight is 1260 g/mol. The number of rotatable bonds is 44. The first-order chi connectivity index (χ1) is 46.6. The Bertz CT molecular complexity index is 3270. The molecule has 9 aromatic carbocycles. The standard InChI is InChI=1S/C88H106O6/c1-5-7-9-11-13-15-17-19-21-25-31-69-37-41-77(42-38-69)85-83(75-33-27-23-28-34-75)87(79-49-45-71(46-50-79)73-53-57-81(58-54-73)93-67-65-91-63-61-89-3)88(80-51-47-72(48-52-80)74-55-59-82(60-56-74)94-68-66-92-64-62-90-4)84(76-35-29-24-30-36-76)86(85)78-43-39-70(40-44-78)32-26-22-20-18-16-14-12-10-8-6-2/h23-24,27-30,33-60H,5-22,25-26,31-32,61-68H2,1-4H3. The molecule has 0 atom stereocenters. The zero-order valence-electron chi connectivity index (χ0n) is 57.3. The normalized spacial score (nSPS) is 11.4. The summed E-state index contributed by atoms with van der Waals surface area (Å²) in [6.07, 6.45) is 28.8. The summed E-state index contributed by atoms with van der Waals surface area (Å²) in [6, 6.07) is 77.3. The first-order valence-corrected chi connectivity index (χ1v) is 35.9. The number of ether oxygens (including phenoxy) is 6. The van der Waals surface area contributed by atoms with E-state index in [0.29, 0.717) is 52.9 Å². The summed E-state index contributed by atoms with van der Waals surface area (Å²) in [5.74, 6) is 1.63. The molecule has 9 rings (SSSR count). The van der Waals surface area contributed by atoms with E-state index < -0.39 is 0 Å². The topological polar surface area (TPSA) is 55.4 Å². The summed E-state index contributed by atoms with van der Waals surface area (Å²) in [5, 5.41) is 0. The largest absolute Gasteiger partial charge is 0.491 e. The van der Waals surface area contributed by atoms with E-state index in [1.165, 1.54) is 195 Å². The molecule has 0 aromatic heterocycles. The summed E-state index contributed by atoms with van der Waals surface area (Å²) < 4.78 is 33.8. The third-order valence-corrected chi connectivity index (χ3v) is 18.3. The fraction of sp³-hybridized carbons (Fsp3) is 0.386. The molecule has 6 heteroatoms. The molecule has 0 unspecified atom stereocenters. The quantitative estimate of drug-likeness (QED) is 0.0355. The zero-order valence-corrected chi connectivity index (χ0v) is 57.3. The fourth-order valence-corrected chi connectivity index (χ4v) is 13.1. The minimum Gasteiger partial charge on any atom is -0.491 e. The van der Waals surface area contributed by atoms with Gasteiger partial charge in [0.2, 0.25) is 0 Å². The van der Waals surface area contributed by atoms with Crippen LogP contribution in [0.3, 0.4) is 0 Å². The number of hydrogen-bond donors (Lipinski definition) is 0. The Morgan fingerprint density at radius 3 is 0.734 bits per heavy atom. The molecule has 6 nitrogen and oxygen atoms in total. The van der Waals surface area contributed by atoms with Gasteiger partial charge in [-0.2, -0.15) is 0 Å². The van der Waals surface area contributed by atoms with Crippen LogP contribution in [0, 0.1) is 0 Å². The van der Waals surface area contributed by atoms with Gasteiger partial charge >= 0.3 is 0 Å². The lowest BCUT2D eigenvalue weighted by molar-refractivity contribution is 0.0544. The second-order valence-electron chi connectivity index (χ2n) is 25.4. The SMILES string of the molecule is CCCCCCCCCCCCc1ccc(-c2c(-c3ccccc3)c(-c3ccc(-c4ccc(OCCOCCOC)cc4)cc3)c(-c3ccc(-c4ccc(OCCOCCOC)cc4)cc3)c(-c3ccccc3)c2-c2ccc(CCCCCCCCCCCC)cc2)cc1. The van der Waals surface area contributed by atoms with Gasteiger partial charge in [-0.15, -0.1) is 0 Å². The van der Waals surface area contributed by atoms with Crippen molar-refractivity contribution in [3.63, 3.8) is 0 Å². The van der Waals surface area contributed by atoms with Gasteiger partial charge in [0.25, 0.3) is 0 Å². The predicted molar refractivity (Wildman–Crippen MR) is 397 cm³/mol. The Balaban J connectivity index is 1.16. The van der Waals surface area contributed by atoms with Crippen molar-refractivity contribution in [2.75, 3.05) is 67.1 Å². The first-order valence-electron chi connectivity index (χ1n) is 35.9. The third-order valence-electron chi connectivity index (χ3n) is 18.3. The maximum absolute atomic E-state index is 6.08. The van der Waals surface area contributed by atoms with Crippen molar-refractivity contribution >= 4 is 0 Å². The maximum atomic E-state index is 6.08. The van der Waals surface area contributed by atoms with Crippen molar-refractivity contribution in [1.82, 2.24) is 0 Å². The van der Waals surface area contributed by atoms with E-state index in [1.54, 1.807) is 14.2 Å². The van der Waals surface area contributed by atoms with Crippen LogP contribution in [0.4, 0.5) is 0 Å².